The van der Waals surface area contributed by atoms with Crippen LogP contribution < -0.4 is 5.32 Å². The third-order valence-corrected chi connectivity index (χ3v) is 4.36. The van der Waals surface area contributed by atoms with Crippen molar-refractivity contribution in [1.29, 1.82) is 0 Å². The van der Waals surface area contributed by atoms with E-state index in [0.29, 0.717) is 31.5 Å². The van der Waals surface area contributed by atoms with Gasteiger partial charge in [0.2, 0.25) is 0 Å². The number of benzene rings is 1. The Morgan fingerprint density at radius 3 is 2.52 bits per heavy atom. The van der Waals surface area contributed by atoms with Gasteiger partial charge in [-0.1, -0.05) is 19.1 Å². The van der Waals surface area contributed by atoms with E-state index < -0.39 is 11.9 Å². The average molecular weight is 348 g/mol. The number of piperidine rings is 1. The fraction of sp³-hybridized carbons (Fsp3) is 0.500. The lowest BCUT2D eigenvalue weighted by molar-refractivity contribution is -0.143. The maximum absolute atomic E-state index is 12.2. The van der Waals surface area contributed by atoms with Crippen LogP contribution in [0.25, 0.3) is 0 Å². The summed E-state index contributed by atoms with van der Waals surface area (Å²) in [5, 5.41) is 12.0. The number of likely N-dealkylation sites (tertiary alicyclic amines) is 1. The molecule has 2 atom stereocenters. The smallest absolute Gasteiger partial charge is 0.337 e. The van der Waals surface area contributed by atoms with E-state index in [0.717, 1.165) is 5.56 Å². The van der Waals surface area contributed by atoms with Gasteiger partial charge in [0.05, 0.1) is 18.6 Å². The Balaban J connectivity index is 1.81. The second-order valence-corrected chi connectivity index (χ2v) is 6.45. The molecule has 2 N–H and O–H groups in total. The summed E-state index contributed by atoms with van der Waals surface area (Å²) in [6.07, 6.45) is 1.23. The Morgan fingerprint density at radius 1 is 1.24 bits per heavy atom. The van der Waals surface area contributed by atoms with Crippen LogP contribution in [0, 0.1) is 11.8 Å². The molecule has 1 saturated heterocycles. The molecule has 136 valence electrons. The Morgan fingerprint density at radius 2 is 1.92 bits per heavy atom. The Hall–Kier alpha value is -2.57. The van der Waals surface area contributed by atoms with Crippen molar-refractivity contribution in [2.24, 2.45) is 11.8 Å². The number of carbonyl (C=O) groups is 3. The number of carboxylic acid groups (broad SMARTS) is 1. The molecule has 1 aromatic rings. The molecule has 0 aromatic heterocycles. The van der Waals surface area contributed by atoms with Crippen LogP contribution in [0.3, 0.4) is 0 Å². The number of carbonyl (C=O) groups excluding carboxylic acids is 2. The van der Waals surface area contributed by atoms with Crippen LogP contribution in [-0.2, 0) is 16.0 Å². The number of rotatable bonds is 5. The highest BCUT2D eigenvalue weighted by Crippen LogP contribution is 2.21. The predicted molar refractivity (Wildman–Crippen MR) is 91.4 cm³/mol. The number of nitrogens with one attached hydrogen (secondary N) is 1. The zero-order valence-corrected chi connectivity index (χ0v) is 14.5. The largest absolute Gasteiger partial charge is 0.481 e. The predicted octanol–water partition coefficient (Wildman–Crippen LogP) is 1.77. The van der Waals surface area contributed by atoms with Crippen molar-refractivity contribution in [3.05, 3.63) is 35.4 Å². The highest BCUT2D eigenvalue weighted by molar-refractivity contribution is 5.89. The van der Waals surface area contributed by atoms with Crippen LogP contribution in [-0.4, -0.2) is 54.7 Å². The second kappa shape index (κ2) is 8.50. The van der Waals surface area contributed by atoms with E-state index in [1.807, 2.05) is 19.1 Å². The van der Waals surface area contributed by atoms with Crippen LogP contribution in [0.4, 0.5) is 4.79 Å². The van der Waals surface area contributed by atoms with E-state index in [4.69, 9.17) is 5.11 Å². The summed E-state index contributed by atoms with van der Waals surface area (Å²) in [7, 11) is 1.34. The zero-order chi connectivity index (χ0) is 18.4. The number of carboxylic acids is 1. The molecule has 1 aliphatic heterocycles. The Labute approximate surface area is 147 Å². The molecule has 0 saturated carbocycles. The number of methoxy groups -OCH3 is 1. The average Bonchev–Trinajstić information content (AvgIpc) is 2.61. The lowest BCUT2D eigenvalue weighted by Gasteiger charge is -2.34. The molecule has 1 aromatic carbocycles. The molecule has 0 radical (unpaired) electrons. The number of esters is 1. The number of amides is 2. The highest BCUT2D eigenvalue weighted by atomic mass is 16.5. The summed E-state index contributed by atoms with van der Waals surface area (Å²) >= 11 is 0. The van der Waals surface area contributed by atoms with Crippen molar-refractivity contribution in [3.63, 3.8) is 0 Å². The van der Waals surface area contributed by atoms with Crippen molar-refractivity contribution in [1.82, 2.24) is 10.2 Å². The van der Waals surface area contributed by atoms with Gasteiger partial charge in [-0.15, -0.1) is 0 Å². The maximum atomic E-state index is 12.2. The van der Waals surface area contributed by atoms with Gasteiger partial charge in [-0.2, -0.15) is 0 Å². The SMILES string of the molecule is COC(=O)c1ccc(CCNC(=O)N2CC(C)CC(C(=O)O)C2)cc1. The molecule has 7 heteroatoms. The molecular weight excluding hydrogens is 324 g/mol. The van der Waals surface area contributed by atoms with Gasteiger partial charge in [0.1, 0.15) is 0 Å². The molecule has 25 heavy (non-hydrogen) atoms. The zero-order valence-electron chi connectivity index (χ0n) is 14.5. The molecule has 0 spiro atoms. The summed E-state index contributed by atoms with van der Waals surface area (Å²) in [4.78, 5) is 36.4. The van der Waals surface area contributed by atoms with Crippen molar-refractivity contribution >= 4 is 18.0 Å². The van der Waals surface area contributed by atoms with Crippen LogP contribution >= 0.6 is 0 Å². The lowest BCUT2D eigenvalue weighted by atomic mass is 9.91. The van der Waals surface area contributed by atoms with E-state index in [9.17, 15) is 14.4 Å². The summed E-state index contributed by atoms with van der Waals surface area (Å²) in [6, 6.07) is 6.78. The third kappa shape index (κ3) is 5.20. The standard InChI is InChI=1S/C18H24N2O5/c1-12-9-15(16(21)22)11-20(10-12)18(24)19-8-7-13-3-5-14(6-4-13)17(23)25-2/h3-6,12,15H,7-11H2,1-2H3,(H,19,24)(H,21,22). The minimum absolute atomic E-state index is 0.173. The maximum Gasteiger partial charge on any atom is 0.337 e. The first-order valence-electron chi connectivity index (χ1n) is 8.33. The van der Waals surface area contributed by atoms with Crippen molar-refractivity contribution < 1.29 is 24.2 Å². The molecular formula is C18H24N2O5. The molecule has 2 unspecified atom stereocenters. The highest BCUT2D eigenvalue weighted by Gasteiger charge is 2.31. The number of ether oxygens (including phenoxy) is 1. The molecule has 1 heterocycles. The van der Waals surface area contributed by atoms with Crippen molar-refractivity contribution in [2.75, 3.05) is 26.7 Å². The minimum Gasteiger partial charge on any atom is -0.481 e. The van der Waals surface area contributed by atoms with E-state index >= 15 is 0 Å². The van der Waals surface area contributed by atoms with Crippen molar-refractivity contribution in [3.8, 4) is 0 Å². The van der Waals surface area contributed by atoms with Crippen molar-refractivity contribution in [2.45, 2.75) is 19.8 Å². The molecule has 2 rings (SSSR count). The number of urea groups is 1. The molecule has 2 amide bonds. The Kier molecular flexibility index (Phi) is 6.38. The Bertz CT molecular complexity index is 629. The molecule has 7 nitrogen and oxygen atoms in total. The van der Waals surface area contributed by atoms with Gasteiger partial charge in [-0.05, 0) is 36.5 Å². The van der Waals surface area contributed by atoms with Gasteiger partial charge in [0.25, 0.3) is 0 Å². The van der Waals surface area contributed by atoms with Gasteiger partial charge < -0.3 is 20.1 Å². The van der Waals surface area contributed by atoms with Crippen LogP contribution in [0.2, 0.25) is 0 Å². The summed E-state index contributed by atoms with van der Waals surface area (Å²) in [6.45, 7) is 3.22. The van der Waals surface area contributed by atoms with Gasteiger partial charge in [0, 0.05) is 19.6 Å². The molecule has 0 bridgehead atoms. The molecule has 1 aliphatic rings. The number of hydrogen-bond acceptors (Lipinski definition) is 4. The van der Waals surface area contributed by atoms with Gasteiger partial charge in [0.15, 0.2) is 0 Å². The number of nitrogens with zero attached hydrogens (tertiary/aromatic N) is 1. The van der Waals surface area contributed by atoms with E-state index in [1.165, 1.54) is 7.11 Å². The first-order chi connectivity index (χ1) is 11.9. The fourth-order valence-corrected chi connectivity index (χ4v) is 3.05. The summed E-state index contributed by atoms with van der Waals surface area (Å²) < 4.78 is 4.65. The monoisotopic (exact) mass is 348 g/mol. The van der Waals surface area contributed by atoms with Gasteiger partial charge >= 0.3 is 18.0 Å². The van der Waals surface area contributed by atoms with Crippen LogP contribution in [0.5, 0.6) is 0 Å². The van der Waals surface area contributed by atoms with E-state index in [-0.39, 0.29) is 24.5 Å². The van der Waals surface area contributed by atoms with Crippen LogP contribution in [0.15, 0.2) is 24.3 Å². The molecule has 1 fully saturated rings. The quantitative estimate of drug-likeness (QED) is 0.791. The van der Waals surface area contributed by atoms with E-state index in [1.54, 1.807) is 17.0 Å². The first-order valence-corrected chi connectivity index (χ1v) is 8.33. The first kappa shape index (κ1) is 18.8. The second-order valence-electron chi connectivity index (χ2n) is 6.45. The van der Waals surface area contributed by atoms with Crippen LogP contribution in [0.1, 0.15) is 29.3 Å². The number of aliphatic carboxylic acids is 1. The molecule has 0 aliphatic carbocycles. The van der Waals surface area contributed by atoms with Gasteiger partial charge in [-0.25, -0.2) is 9.59 Å². The fourth-order valence-electron chi connectivity index (χ4n) is 3.05. The summed E-state index contributed by atoms with van der Waals surface area (Å²) in [5.74, 6) is -1.56. The summed E-state index contributed by atoms with van der Waals surface area (Å²) in [5.41, 5.74) is 1.47. The van der Waals surface area contributed by atoms with Gasteiger partial charge in [-0.3, -0.25) is 4.79 Å². The van der Waals surface area contributed by atoms with E-state index in [2.05, 4.69) is 10.1 Å². The third-order valence-electron chi connectivity index (χ3n) is 4.36. The lowest BCUT2D eigenvalue weighted by Crippen LogP contribution is -2.49. The normalized spacial score (nSPS) is 20.0. The topological polar surface area (TPSA) is 95.9 Å². The number of hydrogen-bond donors (Lipinski definition) is 2. The minimum atomic E-state index is -0.852.